The van der Waals surface area contributed by atoms with Gasteiger partial charge in [-0.25, -0.2) is 0 Å². The van der Waals surface area contributed by atoms with Crippen molar-refractivity contribution in [2.24, 2.45) is 11.7 Å². The van der Waals surface area contributed by atoms with Crippen LogP contribution in [-0.2, 0) is 0 Å². The standard InChI is InChI=1S/C11H15N5O/c12-5-7-3-1-2-4-9(7)16-6-8(11(14)17)10(13)15-16/h6-7,9H,1-4H2,(H2,13,15)(H2,14,17). The van der Waals surface area contributed by atoms with Crippen LogP contribution >= 0.6 is 0 Å². The molecule has 1 heterocycles. The summed E-state index contributed by atoms with van der Waals surface area (Å²) in [5.41, 5.74) is 11.0. The number of carbonyl (C=O) groups is 1. The molecule has 0 saturated heterocycles. The Morgan fingerprint density at radius 1 is 1.53 bits per heavy atom. The summed E-state index contributed by atoms with van der Waals surface area (Å²) in [6, 6.07) is 2.30. The Balaban J connectivity index is 2.30. The third-order valence-electron chi connectivity index (χ3n) is 3.26. The van der Waals surface area contributed by atoms with E-state index in [4.69, 9.17) is 16.7 Å². The summed E-state index contributed by atoms with van der Waals surface area (Å²) in [6.07, 6.45) is 5.44. The van der Waals surface area contributed by atoms with Crippen LogP contribution in [0.2, 0.25) is 0 Å². The zero-order valence-corrected chi connectivity index (χ0v) is 9.47. The maximum absolute atomic E-state index is 11.1. The maximum atomic E-state index is 11.1. The lowest BCUT2D eigenvalue weighted by Crippen LogP contribution is -2.22. The van der Waals surface area contributed by atoms with E-state index in [1.165, 1.54) is 0 Å². The van der Waals surface area contributed by atoms with Crippen LogP contribution < -0.4 is 11.5 Å². The van der Waals surface area contributed by atoms with E-state index >= 15 is 0 Å². The van der Waals surface area contributed by atoms with Gasteiger partial charge in [-0.1, -0.05) is 12.8 Å². The van der Waals surface area contributed by atoms with Crippen molar-refractivity contribution < 1.29 is 4.79 Å². The van der Waals surface area contributed by atoms with Gasteiger partial charge in [0.05, 0.1) is 18.0 Å². The number of nitrogens with zero attached hydrogens (tertiary/aromatic N) is 3. The van der Waals surface area contributed by atoms with Crippen molar-refractivity contribution in [1.29, 1.82) is 5.26 Å². The fourth-order valence-corrected chi connectivity index (χ4v) is 2.34. The van der Waals surface area contributed by atoms with Gasteiger partial charge < -0.3 is 11.5 Å². The van der Waals surface area contributed by atoms with E-state index in [0.29, 0.717) is 0 Å². The molecular weight excluding hydrogens is 218 g/mol. The molecule has 2 unspecified atom stereocenters. The van der Waals surface area contributed by atoms with Crippen LogP contribution in [0, 0.1) is 17.2 Å². The molecule has 0 aromatic carbocycles. The topological polar surface area (TPSA) is 111 Å². The quantitative estimate of drug-likeness (QED) is 0.787. The summed E-state index contributed by atoms with van der Waals surface area (Å²) >= 11 is 0. The number of anilines is 1. The fourth-order valence-electron chi connectivity index (χ4n) is 2.34. The van der Waals surface area contributed by atoms with Gasteiger partial charge in [0.15, 0.2) is 5.82 Å². The SMILES string of the molecule is N#CC1CCCCC1n1cc(C(N)=O)c(N)n1. The average Bonchev–Trinajstić information content (AvgIpc) is 2.71. The Labute approximate surface area is 99.2 Å². The van der Waals surface area contributed by atoms with Crippen molar-refractivity contribution in [3.63, 3.8) is 0 Å². The first-order valence-electron chi connectivity index (χ1n) is 5.67. The van der Waals surface area contributed by atoms with E-state index < -0.39 is 5.91 Å². The van der Waals surface area contributed by atoms with Crippen molar-refractivity contribution in [2.45, 2.75) is 31.7 Å². The Morgan fingerprint density at radius 2 is 2.24 bits per heavy atom. The second kappa shape index (κ2) is 4.45. The molecule has 4 N–H and O–H groups in total. The third kappa shape index (κ3) is 2.09. The zero-order chi connectivity index (χ0) is 12.4. The Bertz CT molecular complexity index is 473. The Kier molecular flexibility index (Phi) is 3.00. The number of hydrogen-bond donors (Lipinski definition) is 2. The number of rotatable bonds is 2. The molecule has 0 spiro atoms. The lowest BCUT2D eigenvalue weighted by Gasteiger charge is -2.26. The number of hydrogen-bond acceptors (Lipinski definition) is 4. The van der Waals surface area contributed by atoms with Crippen molar-refractivity contribution >= 4 is 11.7 Å². The molecule has 6 heteroatoms. The van der Waals surface area contributed by atoms with Crippen LogP contribution in [0.25, 0.3) is 0 Å². The van der Waals surface area contributed by atoms with Gasteiger partial charge in [0.2, 0.25) is 0 Å². The first-order chi connectivity index (χ1) is 8.13. The van der Waals surface area contributed by atoms with Gasteiger partial charge in [0, 0.05) is 6.20 Å². The first-order valence-corrected chi connectivity index (χ1v) is 5.67. The predicted octanol–water partition coefficient (Wildman–Crippen LogP) is 0.819. The van der Waals surface area contributed by atoms with E-state index in [-0.39, 0.29) is 23.3 Å². The molecule has 1 aliphatic carbocycles. The summed E-state index contributed by atoms with van der Waals surface area (Å²) in [5, 5.41) is 13.2. The number of amides is 1. The highest BCUT2D eigenvalue weighted by Crippen LogP contribution is 2.33. The number of nitrogens with two attached hydrogens (primary N) is 2. The zero-order valence-electron chi connectivity index (χ0n) is 9.47. The molecule has 1 fully saturated rings. The first kappa shape index (κ1) is 11.5. The van der Waals surface area contributed by atoms with Crippen molar-refractivity contribution in [3.05, 3.63) is 11.8 Å². The van der Waals surface area contributed by atoms with Crippen molar-refractivity contribution in [1.82, 2.24) is 9.78 Å². The molecule has 2 rings (SSSR count). The van der Waals surface area contributed by atoms with Crippen LogP contribution in [0.3, 0.4) is 0 Å². The molecule has 1 amide bonds. The molecular formula is C11H15N5O. The highest BCUT2D eigenvalue weighted by Gasteiger charge is 2.28. The molecule has 1 aliphatic rings. The summed E-state index contributed by atoms with van der Waals surface area (Å²) in [6.45, 7) is 0. The molecule has 2 atom stereocenters. The van der Waals surface area contributed by atoms with Crippen molar-refractivity contribution in [2.75, 3.05) is 5.73 Å². The Morgan fingerprint density at radius 3 is 2.82 bits per heavy atom. The second-order valence-electron chi connectivity index (χ2n) is 4.36. The van der Waals surface area contributed by atoms with Gasteiger partial charge in [-0.2, -0.15) is 10.4 Å². The predicted molar refractivity (Wildman–Crippen MR) is 61.8 cm³/mol. The lowest BCUT2D eigenvalue weighted by atomic mass is 9.85. The van der Waals surface area contributed by atoms with Crippen molar-refractivity contribution in [3.8, 4) is 6.07 Å². The molecule has 6 nitrogen and oxygen atoms in total. The smallest absolute Gasteiger partial charge is 0.254 e. The largest absolute Gasteiger partial charge is 0.382 e. The number of nitriles is 1. The molecule has 0 bridgehead atoms. The highest BCUT2D eigenvalue weighted by atomic mass is 16.1. The minimum atomic E-state index is -0.585. The van der Waals surface area contributed by atoms with Crippen LogP contribution in [0.15, 0.2) is 6.20 Å². The van der Waals surface area contributed by atoms with Crippen LogP contribution in [0.5, 0.6) is 0 Å². The molecule has 17 heavy (non-hydrogen) atoms. The number of nitrogen functional groups attached to an aromatic ring is 1. The van der Waals surface area contributed by atoms with E-state index in [0.717, 1.165) is 25.7 Å². The molecule has 1 aromatic rings. The Hall–Kier alpha value is -2.03. The number of primary amides is 1. The third-order valence-corrected chi connectivity index (χ3v) is 3.26. The normalized spacial score (nSPS) is 24.2. The summed E-state index contributed by atoms with van der Waals surface area (Å²) in [7, 11) is 0. The second-order valence-corrected chi connectivity index (χ2v) is 4.36. The highest BCUT2D eigenvalue weighted by molar-refractivity contribution is 5.96. The minimum Gasteiger partial charge on any atom is -0.382 e. The van der Waals surface area contributed by atoms with Gasteiger partial charge in [0.1, 0.15) is 5.56 Å². The monoisotopic (exact) mass is 233 g/mol. The lowest BCUT2D eigenvalue weighted by molar-refractivity contribution is 0.100. The van der Waals surface area contributed by atoms with Gasteiger partial charge >= 0.3 is 0 Å². The van der Waals surface area contributed by atoms with E-state index in [1.54, 1.807) is 10.9 Å². The summed E-state index contributed by atoms with van der Waals surface area (Å²) in [4.78, 5) is 11.1. The molecule has 1 aromatic heterocycles. The minimum absolute atomic E-state index is 0.00384. The van der Waals surface area contributed by atoms with Gasteiger partial charge in [-0.05, 0) is 12.8 Å². The van der Waals surface area contributed by atoms with Gasteiger partial charge in [-0.15, -0.1) is 0 Å². The maximum Gasteiger partial charge on any atom is 0.254 e. The van der Waals surface area contributed by atoms with Gasteiger partial charge in [0.25, 0.3) is 5.91 Å². The van der Waals surface area contributed by atoms with E-state index in [9.17, 15) is 4.79 Å². The van der Waals surface area contributed by atoms with E-state index in [2.05, 4.69) is 11.2 Å². The number of carbonyl (C=O) groups excluding carboxylic acids is 1. The van der Waals surface area contributed by atoms with Crippen LogP contribution in [0.4, 0.5) is 5.82 Å². The van der Waals surface area contributed by atoms with Crippen LogP contribution in [-0.4, -0.2) is 15.7 Å². The molecule has 1 saturated carbocycles. The van der Waals surface area contributed by atoms with Crippen LogP contribution in [0.1, 0.15) is 42.1 Å². The van der Waals surface area contributed by atoms with Gasteiger partial charge in [-0.3, -0.25) is 9.48 Å². The molecule has 90 valence electrons. The molecule has 0 radical (unpaired) electrons. The summed E-state index contributed by atoms with van der Waals surface area (Å²) < 4.78 is 1.63. The average molecular weight is 233 g/mol. The fraction of sp³-hybridized carbons (Fsp3) is 0.545. The molecule has 0 aliphatic heterocycles. The number of aromatic nitrogens is 2. The summed E-state index contributed by atoms with van der Waals surface area (Å²) in [5.74, 6) is -0.512. The van der Waals surface area contributed by atoms with E-state index in [1.807, 2.05) is 0 Å².